The highest BCUT2D eigenvalue weighted by Gasteiger charge is 2.23. The van der Waals surface area contributed by atoms with Gasteiger partial charge in [0.05, 0.1) is 23.4 Å². The molecular weight excluding hydrogens is 212 g/mol. The van der Waals surface area contributed by atoms with Crippen molar-refractivity contribution in [3.05, 3.63) is 24.5 Å². The van der Waals surface area contributed by atoms with Gasteiger partial charge in [-0.3, -0.25) is 0 Å². The molecule has 4 nitrogen and oxygen atoms in total. The molecule has 1 heterocycles. The molecule has 4 heteroatoms. The van der Waals surface area contributed by atoms with E-state index in [4.69, 9.17) is 5.26 Å². The zero-order valence-electron chi connectivity index (χ0n) is 10.6. The lowest BCUT2D eigenvalue weighted by atomic mass is 10.1. The van der Waals surface area contributed by atoms with Crippen molar-refractivity contribution in [3.63, 3.8) is 0 Å². The fourth-order valence-electron chi connectivity index (χ4n) is 1.73. The molecule has 0 unspecified atom stereocenters. The third-order valence-electron chi connectivity index (χ3n) is 3.21. The Labute approximate surface area is 101 Å². The van der Waals surface area contributed by atoms with E-state index in [-0.39, 0.29) is 0 Å². The molecule has 2 aromatic rings. The van der Waals surface area contributed by atoms with Gasteiger partial charge in [-0.1, -0.05) is 0 Å². The summed E-state index contributed by atoms with van der Waals surface area (Å²) in [6.45, 7) is 3.80. The van der Waals surface area contributed by atoms with Gasteiger partial charge in [-0.2, -0.15) is 5.26 Å². The van der Waals surface area contributed by atoms with Crippen LogP contribution in [0.3, 0.4) is 0 Å². The van der Waals surface area contributed by atoms with Crippen LogP contribution in [0.15, 0.2) is 24.5 Å². The van der Waals surface area contributed by atoms with Gasteiger partial charge in [-0.05, 0) is 32.0 Å². The van der Waals surface area contributed by atoms with Crippen LogP contribution in [0.2, 0.25) is 0 Å². The first-order valence-electron chi connectivity index (χ1n) is 5.52. The van der Waals surface area contributed by atoms with E-state index in [1.54, 1.807) is 6.33 Å². The Morgan fingerprint density at radius 2 is 2.12 bits per heavy atom. The first kappa shape index (κ1) is 11.5. The summed E-state index contributed by atoms with van der Waals surface area (Å²) in [7, 11) is 3.89. The third-order valence-corrected chi connectivity index (χ3v) is 3.21. The molecular formula is C13H16N4. The molecule has 1 aromatic carbocycles. The first-order chi connectivity index (χ1) is 7.95. The van der Waals surface area contributed by atoms with Crippen molar-refractivity contribution in [2.45, 2.75) is 19.4 Å². The van der Waals surface area contributed by atoms with Crippen LogP contribution in [0, 0.1) is 11.3 Å². The number of aromatic nitrogens is 2. The Balaban J connectivity index is 2.47. The summed E-state index contributed by atoms with van der Waals surface area (Å²) in [6.07, 6.45) is 1.80. The van der Waals surface area contributed by atoms with E-state index in [1.165, 1.54) is 0 Å². The summed E-state index contributed by atoms with van der Waals surface area (Å²) in [6, 6.07) is 8.35. The number of hydrogen-bond donors (Lipinski definition) is 0. The van der Waals surface area contributed by atoms with Gasteiger partial charge < -0.3 is 9.47 Å². The number of benzene rings is 1. The minimum atomic E-state index is -0.525. The summed E-state index contributed by atoms with van der Waals surface area (Å²) in [5.74, 6) is 0. The van der Waals surface area contributed by atoms with Gasteiger partial charge in [0.1, 0.15) is 5.54 Å². The topological polar surface area (TPSA) is 44.9 Å². The maximum Gasteiger partial charge on any atom is 0.121 e. The van der Waals surface area contributed by atoms with Crippen LogP contribution in [-0.2, 0) is 7.05 Å². The highest BCUT2D eigenvalue weighted by Crippen LogP contribution is 2.25. The number of imidazole rings is 1. The Hall–Kier alpha value is -2.02. The molecule has 0 aliphatic carbocycles. The van der Waals surface area contributed by atoms with Crippen LogP contribution >= 0.6 is 0 Å². The second-order valence-electron chi connectivity index (χ2n) is 4.76. The third kappa shape index (κ3) is 1.84. The summed E-state index contributed by atoms with van der Waals surface area (Å²) in [5, 5.41) is 9.13. The molecule has 2 rings (SSSR count). The number of anilines is 1. The quantitative estimate of drug-likeness (QED) is 0.792. The predicted octanol–water partition coefficient (Wildman–Crippen LogP) is 2.31. The Morgan fingerprint density at radius 3 is 2.76 bits per heavy atom. The van der Waals surface area contributed by atoms with Gasteiger partial charge >= 0.3 is 0 Å². The zero-order valence-corrected chi connectivity index (χ0v) is 10.6. The molecule has 88 valence electrons. The monoisotopic (exact) mass is 228 g/mol. The summed E-state index contributed by atoms with van der Waals surface area (Å²) < 4.78 is 1.98. The average molecular weight is 228 g/mol. The lowest BCUT2D eigenvalue weighted by Gasteiger charge is -2.31. The number of hydrogen-bond acceptors (Lipinski definition) is 3. The van der Waals surface area contributed by atoms with Crippen molar-refractivity contribution in [3.8, 4) is 6.07 Å². The molecule has 0 spiro atoms. The molecule has 0 radical (unpaired) electrons. The van der Waals surface area contributed by atoms with Crippen molar-refractivity contribution in [1.82, 2.24) is 9.55 Å². The molecule has 1 aromatic heterocycles. The molecule has 0 aliphatic rings. The molecule has 0 saturated heterocycles. The van der Waals surface area contributed by atoms with Crippen LogP contribution in [0.5, 0.6) is 0 Å². The van der Waals surface area contributed by atoms with Gasteiger partial charge in [-0.15, -0.1) is 0 Å². The van der Waals surface area contributed by atoms with E-state index in [0.29, 0.717) is 0 Å². The fraction of sp³-hybridized carbons (Fsp3) is 0.385. The lowest BCUT2D eigenvalue weighted by Crippen LogP contribution is -2.39. The van der Waals surface area contributed by atoms with Gasteiger partial charge in [-0.25, -0.2) is 4.98 Å². The lowest BCUT2D eigenvalue weighted by molar-refractivity contribution is 0.617. The van der Waals surface area contributed by atoms with Crippen molar-refractivity contribution in [1.29, 1.82) is 5.26 Å². The predicted molar refractivity (Wildman–Crippen MR) is 68.8 cm³/mol. The standard InChI is InChI=1S/C13H16N4/c1-13(2,8-14)17(4)10-5-6-12-11(7-10)15-9-16(12)3/h5-7,9H,1-4H3. The summed E-state index contributed by atoms with van der Waals surface area (Å²) in [4.78, 5) is 6.28. The maximum absolute atomic E-state index is 9.13. The van der Waals surface area contributed by atoms with E-state index in [9.17, 15) is 0 Å². The fourth-order valence-corrected chi connectivity index (χ4v) is 1.73. The number of rotatable bonds is 2. The molecule has 0 saturated carbocycles. The van der Waals surface area contributed by atoms with Gasteiger partial charge in [0, 0.05) is 19.8 Å². The second-order valence-corrected chi connectivity index (χ2v) is 4.76. The molecule has 0 N–H and O–H groups in total. The Kier molecular flexibility index (Phi) is 2.55. The highest BCUT2D eigenvalue weighted by molar-refractivity contribution is 5.80. The molecule has 0 amide bonds. The molecule has 17 heavy (non-hydrogen) atoms. The second kappa shape index (κ2) is 3.77. The van der Waals surface area contributed by atoms with E-state index in [1.807, 2.05) is 55.6 Å². The number of nitrogens with zero attached hydrogens (tertiary/aromatic N) is 4. The Morgan fingerprint density at radius 1 is 1.41 bits per heavy atom. The maximum atomic E-state index is 9.13. The van der Waals surface area contributed by atoms with Crippen molar-refractivity contribution in [2.24, 2.45) is 7.05 Å². The molecule has 0 fully saturated rings. The SMILES string of the molecule is CN(c1ccc2c(c1)ncn2C)C(C)(C)C#N. The highest BCUT2D eigenvalue weighted by atomic mass is 15.2. The van der Waals surface area contributed by atoms with E-state index >= 15 is 0 Å². The van der Waals surface area contributed by atoms with Crippen LogP contribution < -0.4 is 4.90 Å². The molecule has 0 bridgehead atoms. The zero-order chi connectivity index (χ0) is 12.6. The largest absolute Gasteiger partial charge is 0.357 e. The number of fused-ring (bicyclic) bond motifs is 1. The van der Waals surface area contributed by atoms with Crippen LogP contribution in [-0.4, -0.2) is 22.1 Å². The van der Waals surface area contributed by atoms with Crippen LogP contribution in [0.1, 0.15) is 13.8 Å². The smallest absolute Gasteiger partial charge is 0.121 e. The van der Waals surface area contributed by atoms with Crippen molar-refractivity contribution in [2.75, 3.05) is 11.9 Å². The summed E-state index contributed by atoms with van der Waals surface area (Å²) in [5.41, 5.74) is 2.52. The number of nitriles is 1. The van der Waals surface area contributed by atoms with Gasteiger partial charge in [0.15, 0.2) is 0 Å². The number of aryl methyl sites for hydroxylation is 1. The minimum absolute atomic E-state index is 0.525. The summed E-state index contributed by atoms with van der Waals surface area (Å²) >= 11 is 0. The minimum Gasteiger partial charge on any atom is -0.357 e. The van der Waals surface area contributed by atoms with Gasteiger partial charge in [0.25, 0.3) is 0 Å². The normalized spacial score (nSPS) is 11.5. The molecule has 0 atom stereocenters. The van der Waals surface area contributed by atoms with Gasteiger partial charge in [0.2, 0.25) is 0 Å². The van der Waals surface area contributed by atoms with Crippen molar-refractivity contribution >= 4 is 16.7 Å². The average Bonchev–Trinajstić information content (AvgIpc) is 2.69. The van der Waals surface area contributed by atoms with E-state index in [2.05, 4.69) is 11.1 Å². The molecule has 0 aliphatic heterocycles. The van der Waals surface area contributed by atoms with Crippen molar-refractivity contribution < 1.29 is 0 Å². The van der Waals surface area contributed by atoms with Crippen LogP contribution in [0.25, 0.3) is 11.0 Å². The first-order valence-corrected chi connectivity index (χ1v) is 5.52. The van der Waals surface area contributed by atoms with E-state index in [0.717, 1.165) is 16.7 Å². The van der Waals surface area contributed by atoms with E-state index < -0.39 is 5.54 Å². The van der Waals surface area contributed by atoms with Crippen LogP contribution in [0.4, 0.5) is 5.69 Å². The Bertz CT molecular complexity index is 589.